The number of nitrogen functional groups attached to an aromatic ring is 1. The highest BCUT2D eigenvalue weighted by atomic mass is 16.7. The minimum atomic E-state index is -0.434. The van der Waals surface area contributed by atoms with E-state index in [2.05, 4.69) is 15.5 Å². The molecule has 2 fully saturated rings. The highest BCUT2D eigenvalue weighted by Gasteiger charge is 2.26. The van der Waals surface area contributed by atoms with Crippen molar-refractivity contribution in [3.8, 4) is 0 Å². The Labute approximate surface area is 181 Å². The van der Waals surface area contributed by atoms with Crippen LogP contribution in [0.15, 0.2) is 48.5 Å². The fraction of sp³-hybridized carbons (Fsp3) is 0.391. The van der Waals surface area contributed by atoms with E-state index in [1.165, 1.54) is 0 Å². The molecule has 0 saturated carbocycles. The Morgan fingerprint density at radius 1 is 1.06 bits per heavy atom. The fourth-order valence-corrected chi connectivity index (χ4v) is 3.87. The van der Waals surface area contributed by atoms with E-state index in [-0.39, 0.29) is 11.9 Å². The van der Waals surface area contributed by atoms with Gasteiger partial charge < -0.3 is 30.7 Å². The number of nitrogens with zero attached hydrogens (tertiary/aromatic N) is 1. The second-order valence-corrected chi connectivity index (χ2v) is 7.87. The molecule has 0 bridgehead atoms. The summed E-state index contributed by atoms with van der Waals surface area (Å²) < 4.78 is 10.8. The fourth-order valence-electron chi connectivity index (χ4n) is 3.87. The van der Waals surface area contributed by atoms with Crippen LogP contribution in [0, 0.1) is 0 Å². The molecule has 8 heteroatoms. The third-order valence-electron chi connectivity index (χ3n) is 5.59. The standard InChI is InChI=1S/C23H28N4O4/c24-19-5-1-2-6-20(19)26-22(28)16-8-10-18(11-9-16)27-13-12-17(15-27)25-23(29)31-21-7-3-4-14-30-21/h1-2,5-6,8-11,17,21H,3-4,7,12-15,24H2,(H,25,29)(H,26,28)/t17?,21-/m0/s1. The van der Waals surface area contributed by atoms with Gasteiger partial charge in [0.05, 0.1) is 24.0 Å². The van der Waals surface area contributed by atoms with Gasteiger partial charge in [0, 0.05) is 30.8 Å². The number of amides is 2. The molecule has 164 valence electrons. The molecule has 0 aliphatic carbocycles. The number of hydrogen-bond acceptors (Lipinski definition) is 6. The Morgan fingerprint density at radius 2 is 1.87 bits per heavy atom. The zero-order chi connectivity index (χ0) is 21.6. The first-order valence-electron chi connectivity index (χ1n) is 10.7. The largest absolute Gasteiger partial charge is 0.420 e. The van der Waals surface area contributed by atoms with Crippen molar-refractivity contribution in [2.24, 2.45) is 0 Å². The Balaban J connectivity index is 1.28. The van der Waals surface area contributed by atoms with E-state index < -0.39 is 12.4 Å². The summed E-state index contributed by atoms with van der Waals surface area (Å²) in [6.45, 7) is 2.14. The zero-order valence-electron chi connectivity index (χ0n) is 17.4. The number of benzene rings is 2. The van der Waals surface area contributed by atoms with E-state index in [4.69, 9.17) is 15.2 Å². The van der Waals surface area contributed by atoms with Crippen molar-refractivity contribution in [1.29, 1.82) is 0 Å². The van der Waals surface area contributed by atoms with Crippen LogP contribution >= 0.6 is 0 Å². The van der Waals surface area contributed by atoms with Gasteiger partial charge in [0.2, 0.25) is 6.29 Å². The summed E-state index contributed by atoms with van der Waals surface area (Å²) in [6, 6.07) is 14.6. The molecule has 4 N–H and O–H groups in total. The van der Waals surface area contributed by atoms with E-state index in [0.29, 0.717) is 30.1 Å². The van der Waals surface area contributed by atoms with E-state index in [1.54, 1.807) is 24.3 Å². The number of hydrogen-bond donors (Lipinski definition) is 3. The summed E-state index contributed by atoms with van der Waals surface area (Å²) >= 11 is 0. The maximum Gasteiger partial charge on any atom is 0.409 e. The highest BCUT2D eigenvalue weighted by Crippen LogP contribution is 2.23. The predicted octanol–water partition coefficient (Wildman–Crippen LogP) is 3.35. The van der Waals surface area contributed by atoms with Crippen LogP contribution in [0.3, 0.4) is 0 Å². The Morgan fingerprint density at radius 3 is 2.61 bits per heavy atom. The van der Waals surface area contributed by atoms with Crippen LogP contribution in [0.25, 0.3) is 0 Å². The lowest BCUT2D eigenvalue weighted by molar-refractivity contribution is -0.126. The maximum absolute atomic E-state index is 12.5. The zero-order valence-corrected chi connectivity index (χ0v) is 17.4. The maximum atomic E-state index is 12.5. The van der Waals surface area contributed by atoms with Crippen molar-refractivity contribution in [3.63, 3.8) is 0 Å². The molecular weight excluding hydrogens is 396 g/mol. The van der Waals surface area contributed by atoms with Gasteiger partial charge in [-0.3, -0.25) is 4.79 Å². The van der Waals surface area contributed by atoms with Crippen molar-refractivity contribution in [3.05, 3.63) is 54.1 Å². The number of nitrogens with one attached hydrogen (secondary N) is 2. The van der Waals surface area contributed by atoms with E-state index in [0.717, 1.165) is 37.9 Å². The number of alkyl carbamates (subject to hydrolysis) is 1. The summed E-state index contributed by atoms with van der Waals surface area (Å²) in [7, 11) is 0. The molecule has 2 saturated heterocycles. The Hall–Kier alpha value is -3.26. The summed E-state index contributed by atoms with van der Waals surface area (Å²) in [6.07, 6.45) is 2.75. The minimum absolute atomic E-state index is 0.0140. The Kier molecular flexibility index (Phi) is 6.57. The van der Waals surface area contributed by atoms with E-state index >= 15 is 0 Å². The summed E-state index contributed by atoms with van der Waals surface area (Å²) in [5, 5.41) is 5.76. The average Bonchev–Trinajstić information content (AvgIpc) is 3.24. The molecule has 8 nitrogen and oxygen atoms in total. The molecule has 2 aliphatic rings. The number of rotatable bonds is 5. The number of anilines is 3. The highest BCUT2D eigenvalue weighted by molar-refractivity contribution is 6.05. The van der Waals surface area contributed by atoms with Gasteiger partial charge in [-0.15, -0.1) is 0 Å². The first-order valence-corrected chi connectivity index (χ1v) is 10.7. The molecule has 0 radical (unpaired) electrons. The van der Waals surface area contributed by atoms with E-state index in [9.17, 15) is 9.59 Å². The van der Waals surface area contributed by atoms with Gasteiger partial charge in [0.25, 0.3) is 5.91 Å². The lowest BCUT2D eigenvalue weighted by atomic mass is 10.1. The number of ether oxygens (including phenoxy) is 2. The predicted molar refractivity (Wildman–Crippen MR) is 119 cm³/mol. The molecule has 1 unspecified atom stereocenters. The van der Waals surface area contributed by atoms with Crippen LogP contribution in [0.1, 0.15) is 36.0 Å². The van der Waals surface area contributed by atoms with Gasteiger partial charge in [-0.25, -0.2) is 4.79 Å². The second-order valence-electron chi connectivity index (χ2n) is 7.87. The van der Waals surface area contributed by atoms with Gasteiger partial charge in [-0.2, -0.15) is 0 Å². The quantitative estimate of drug-likeness (QED) is 0.636. The van der Waals surface area contributed by atoms with Crippen LogP contribution in [0.5, 0.6) is 0 Å². The van der Waals surface area contributed by atoms with E-state index in [1.807, 2.05) is 24.3 Å². The molecule has 4 rings (SSSR count). The van der Waals surface area contributed by atoms with Gasteiger partial charge in [-0.05, 0) is 55.7 Å². The lowest BCUT2D eigenvalue weighted by Crippen LogP contribution is -2.40. The molecule has 2 heterocycles. The van der Waals surface area contributed by atoms with Crippen LogP contribution in [0.2, 0.25) is 0 Å². The first kappa shape index (κ1) is 21.0. The summed E-state index contributed by atoms with van der Waals surface area (Å²) in [4.78, 5) is 26.8. The van der Waals surface area contributed by atoms with Crippen LogP contribution < -0.4 is 21.3 Å². The molecule has 31 heavy (non-hydrogen) atoms. The lowest BCUT2D eigenvalue weighted by Gasteiger charge is -2.23. The second kappa shape index (κ2) is 9.70. The van der Waals surface area contributed by atoms with Crippen molar-refractivity contribution in [1.82, 2.24) is 5.32 Å². The number of carbonyl (C=O) groups excluding carboxylic acids is 2. The molecule has 2 aromatic carbocycles. The molecular formula is C23H28N4O4. The average molecular weight is 425 g/mol. The molecule has 2 aliphatic heterocycles. The minimum Gasteiger partial charge on any atom is -0.420 e. The molecule has 0 aromatic heterocycles. The number of carbonyl (C=O) groups is 2. The summed E-state index contributed by atoms with van der Waals surface area (Å²) in [5.41, 5.74) is 8.56. The smallest absolute Gasteiger partial charge is 0.409 e. The molecule has 2 amide bonds. The van der Waals surface area contributed by atoms with Gasteiger partial charge >= 0.3 is 6.09 Å². The van der Waals surface area contributed by atoms with Crippen molar-refractivity contribution in [2.75, 3.05) is 35.6 Å². The Bertz CT molecular complexity index is 912. The number of para-hydroxylation sites is 2. The van der Waals surface area contributed by atoms with Crippen LogP contribution in [-0.4, -0.2) is 44.0 Å². The van der Waals surface area contributed by atoms with Crippen molar-refractivity contribution < 1.29 is 19.1 Å². The molecule has 0 spiro atoms. The molecule has 2 atom stereocenters. The monoisotopic (exact) mass is 424 g/mol. The van der Waals surface area contributed by atoms with Gasteiger partial charge in [0.1, 0.15) is 0 Å². The van der Waals surface area contributed by atoms with Gasteiger partial charge in [0.15, 0.2) is 0 Å². The van der Waals surface area contributed by atoms with Crippen LogP contribution in [0.4, 0.5) is 21.9 Å². The van der Waals surface area contributed by atoms with Crippen molar-refractivity contribution >= 4 is 29.1 Å². The summed E-state index contributed by atoms with van der Waals surface area (Å²) in [5.74, 6) is -0.210. The van der Waals surface area contributed by atoms with Crippen molar-refractivity contribution in [2.45, 2.75) is 38.0 Å². The third-order valence-corrected chi connectivity index (χ3v) is 5.59. The topological polar surface area (TPSA) is 106 Å². The van der Waals surface area contributed by atoms with Gasteiger partial charge in [-0.1, -0.05) is 12.1 Å². The first-order chi connectivity index (χ1) is 15.1. The molecule has 2 aromatic rings. The SMILES string of the molecule is Nc1ccccc1NC(=O)c1ccc(N2CCC(NC(=O)O[C@H]3CCCCO3)C2)cc1. The third kappa shape index (κ3) is 5.46. The normalized spacial score (nSPS) is 20.8. The van der Waals surface area contributed by atoms with Crippen LogP contribution in [-0.2, 0) is 9.47 Å². The number of nitrogens with two attached hydrogens (primary N) is 1.